The van der Waals surface area contributed by atoms with Crippen molar-refractivity contribution in [2.75, 3.05) is 25.4 Å². The van der Waals surface area contributed by atoms with Crippen LogP contribution < -0.4 is 14.4 Å². The third-order valence-corrected chi connectivity index (χ3v) is 11.9. The van der Waals surface area contributed by atoms with E-state index in [1.807, 2.05) is 0 Å². The van der Waals surface area contributed by atoms with Crippen molar-refractivity contribution in [3.8, 4) is 11.5 Å². The first-order valence-electron chi connectivity index (χ1n) is 17.0. The Labute approximate surface area is 268 Å². The molecule has 4 aromatic rings. The SMILES string of the molecule is Cc1ccc(Cc2ccc(N3COc4ccc(C56CC7CC(CC(c8ccc9c(c8)CN(C)CO9)(C7)C5)C6)cc4C3)cc2)cc1. The lowest BCUT2D eigenvalue weighted by Gasteiger charge is -2.63. The van der Waals surface area contributed by atoms with E-state index in [4.69, 9.17) is 9.47 Å². The van der Waals surface area contributed by atoms with Crippen molar-refractivity contribution in [3.63, 3.8) is 0 Å². The molecule has 4 saturated carbocycles. The summed E-state index contributed by atoms with van der Waals surface area (Å²) < 4.78 is 12.4. The summed E-state index contributed by atoms with van der Waals surface area (Å²) >= 11 is 0. The molecule has 4 nitrogen and oxygen atoms in total. The Morgan fingerprint density at radius 1 is 0.667 bits per heavy atom. The highest BCUT2D eigenvalue weighted by molar-refractivity contribution is 5.53. The molecule has 2 heterocycles. The van der Waals surface area contributed by atoms with Crippen molar-refractivity contribution >= 4 is 5.69 Å². The van der Waals surface area contributed by atoms with Gasteiger partial charge in [-0.1, -0.05) is 60.2 Å². The van der Waals surface area contributed by atoms with Crippen LogP contribution in [0.4, 0.5) is 5.69 Å². The fraction of sp³-hybridized carbons (Fsp3) is 0.415. The van der Waals surface area contributed by atoms with Crippen molar-refractivity contribution in [1.82, 2.24) is 4.90 Å². The van der Waals surface area contributed by atoms with Gasteiger partial charge >= 0.3 is 0 Å². The summed E-state index contributed by atoms with van der Waals surface area (Å²) in [5, 5.41) is 0. The second-order valence-corrected chi connectivity index (χ2v) is 15.3. The van der Waals surface area contributed by atoms with Crippen molar-refractivity contribution in [1.29, 1.82) is 0 Å². The van der Waals surface area contributed by atoms with Crippen LogP contribution in [0.25, 0.3) is 0 Å². The number of rotatable bonds is 5. The second kappa shape index (κ2) is 10.4. The van der Waals surface area contributed by atoms with Gasteiger partial charge in [0.05, 0.1) is 0 Å². The monoisotopic (exact) mass is 596 g/mol. The average Bonchev–Trinajstić information content (AvgIpc) is 3.05. The van der Waals surface area contributed by atoms with E-state index < -0.39 is 0 Å². The van der Waals surface area contributed by atoms with Crippen LogP contribution in [-0.2, 0) is 30.3 Å². The minimum Gasteiger partial charge on any atom is -0.478 e. The molecule has 0 spiro atoms. The van der Waals surface area contributed by atoms with Gasteiger partial charge in [0.15, 0.2) is 6.73 Å². The third-order valence-electron chi connectivity index (χ3n) is 11.9. The van der Waals surface area contributed by atoms with E-state index in [2.05, 4.69) is 109 Å². The molecule has 4 aliphatic carbocycles. The molecule has 4 bridgehead atoms. The van der Waals surface area contributed by atoms with Crippen LogP contribution in [0.5, 0.6) is 11.5 Å². The Morgan fingerprint density at radius 3 is 1.84 bits per heavy atom. The number of nitrogens with zero attached hydrogens (tertiary/aromatic N) is 2. The summed E-state index contributed by atoms with van der Waals surface area (Å²) in [7, 11) is 2.15. The van der Waals surface area contributed by atoms with Crippen LogP contribution in [0.3, 0.4) is 0 Å². The minimum absolute atomic E-state index is 0.266. The summed E-state index contributed by atoms with van der Waals surface area (Å²) in [4.78, 5) is 4.65. The second-order valence-electron chi connectivity index (χ2n) is 15.3. The maximum atomic E-state index is 6.36. The molecule has 10 rings (SSSR count). The predicted molar refractivity (Wildman–Crippen MR) is 180 cm³/mol. The molecule has 2 aliphatic heterocycles. The van der Waals surface area contributed by atoms with E-state index >= 15 is 0 Å². The van der Waals surface area contributed by atoms with Gasteiger partial charge in [0.25, 0.3) is 0 Å². The highest BCUT2D eigenvalue weighted by Gasteiger charge is 2.58. The molecule has 4 heteroatoms. The van der Waals surface area contributed by atoms with Crippen LogP contribution in [0.2, 0.25) is 0 Å². The van der Waals surface area contributed by atoms with E-state index in [0.29, 0.717) is 13.5 Å². The van der Waals surface area contributed by atoms with E-state index in [1.54, 1.807) is 11.1 Å². The van der Waals surface area contributed by atoms with Gasteiger partial charge in [-0.25, -0.2) is 0 Å². The van der Waals surface area contributed by atoms with Crippen molar-refractivity contribution < 1.29 is 9.47 Å². The average molecular weight is 597 g/mol. The summed E-state index contributed by atoms with van der Waals surface area (Å²) in [6.07, 6.45) is 9.04. The summed E-state index contributed by atoms with van der Waals surface area (Å²) in [5.74, 6) is 3.78. The molecule has 4 aromatic carbocycles. The number of ether oxygens (including phenoxy) is 2. The van der Waals surface area contributed by atoms with Crippen LogP contribution in [0.15, 0.2) is 84.9 Å². The summed E-state index contributed by atoms with van der Waals surface area (Å²) in [6, 6.07) is 32.4. The van der Waals surface area contributed by atoms with Gasteiger partial charge in [0.1, 0.15) is 18.2 Å². The van der Waals surface area contributed by atoms with Crippen LogP contribution >= 0.6 is 0 Å². The lowest BCUT2D eigenvalue weighted by molar-refractivity contribution is -0.0283. The maximum Gasteiger partial charge on any atom is 0.161 e. The molecule has 4 fully saturated rings. The molecule has 0 amide bonds. The molecule has 0 aromatic heterocycles. The standard InChI is InChI=1S/C41H44N2O2/c1-28-3-5-29(6-4-28)15-30-7-11-37(12-8-30)43-24-34-18-36(10-14-39(34)45-27-43)41-21-31-16-32(22-41)20-40(19-31,25-41)35-9-13-38-33(17-35)23-42(2)26-44-38/h3-14,17-18,31-32H,15-16,19-27H2,1-2H3. The molecule has 230 valence electrons. The summed E-state index contributed by atoms with van der Waals surface area (Å²) in [5.41, 5.74) is 11.6. The number of hydrogen-bond acceptors (Lipinski definition) is 4. The first kappa shape index (κ1) is 27.5. The Kier molecular flexibility index (Phi) is 6.36. The molecule has 0 N–H and O–H groups in total. The van der Waals surface area contributed by atoms with Gasteiger partial charge < -0.3 is 14.4 Å². The molecule has 6 aliphatic rings. The van der Waals surface area contributed by atoms with Gasteiger partial charge in [-0.3, -0.25) is 4.90 Å². The van der Waals surface area contributed by atoms with E-state index in [-0.39, 0.29) is 10.8 Å². The Morgan fingerprint density at radius 2 is 1.22 bits per heavy atom. The zero-order chi connectivity index (χ0) is 30.2. The van der Waals surface area contributed by atoms with E-state index in [9.17, 15) is 0 Å². The Bertz CT molecular complexity index is 1730. The molecular formula is C41H44N2O2. The number of aryl methyl sites for hydroxylation is 1. The Hall–Kier alpha value is -3.76. The number of hydrogen-bond donors (Lipinski definition) is 0. The van der Waals surface area contributed by atoms with Gasteiger partial charge in [-0.15, -0.1) is 0 Å². The first-order valence-corrected chi connectivity index (χ1v) is 17.0. The zero-order valence-electron chi connectivity index (χ0n) is 26.7. The van der Waals surface area contributed by atoms with Crippen LogP contribution in [0, 0.1) is 18.8 Å². The van der Waals surface area contributed by atoms with Crippen molar-refractivity contribution in [3.05, 3.63) is 124 Å². The normalized spacial score (nSPS) is 28.3. The number of fused-ring (bicyclic) bond motifs is 2. The fourth-order valence-electron chi connectivity index (χ4n) is 10.1. The summed E-state index contributed by atoms with van der Waals surface area (Å²) in [6.45, 7) is 5.30. The van der Waals surface area contributed by atoms with Crippen molar-refractivity contribution in [2.24, 2.45) is 11.8 Å². The molecule has 2 unspecified atom stereocenters. The lowest BCUT2D eigenvalue weighted by atomic mass is 9.41. The predicted octanol–water partition coefficient (Wildman–Crippen LogP) is 8.51. The largest absolute Gasteiger partial charge is 0.478 e. The van der Waals surface area contributed by atoms with E-state index in [0.717, 1.165) is 42.8 Å². The smallest absolute Gasteiger partial charge is 0.161 e. The van der Waals surface area contributed by atoms with Crippen LogP contribution in [0.1, 0.15) is 77.5 Å². The number of anilines is 1. The van der Waals surface area contributed by atoms with Crippen LogP contribution in [-0.4, -0.2) is 25.4 Å². The minimum atomic E-state index is 0.266. The molecule has 2 atom stereocenters. The fourth-order valence-corrected chi connectivity index (χ4v) is 10.1. The molecule has 0 saturated heterocycles. The van der Waals surface area contributed by atoms with Crippen molar-refractivity contribution in [2.45, 2.75) is 75.8 Å². The van der Waals surface area contributed by atoms with Gasteiger partial charge in [-0.2, -0.15) is 0 Å². The highest BCUT2D eigenvalue weighted by Crippen LogP contribution is 2.66. The maximum absolute atomic E-state index is 6.36. The topological polar surface area (TPSA) is 24.9 Å². The van der Waals surface area contributed by atoms with E-state index in [1.165, 1.54) is 72.0 Å². The van der Waals surface area contributed by atoms with Gasteiger partial charge in [0.2, 0.25) is 0 Å². The van der Waals surface area contributed by atoms with Gasteiger partial charge in [-0.05, 0) is 134 Å². The lowest BCUT2D eigenvalue weighted by Crippen LogP contribution is -2.56. The zero-order valence-corrected chi connectivity index (χ0v) is 26.7. The molecule has 0 radical (unpaired) electrons. The quantitative estimate of drug-likeness (QED) is 0.231. The molecular weight excluding hydrogens is 552 g/mol. The first-order chi connectivity index (χ1) is 21.9. The molecule has 45 heavy (non-hydrogen) atoms. The highest BCUT2D eigenvalue weighted by atomic mass is 16.5. The Balaban J connectivity index is 0.973. The van der Waals surface area contributed by atoms with Gasteiger partial charge in [0, 0.05) is 29.9 Å². The number of benzene rings is 4. The third kappa shape index (κ3) is 4.84.